The average Bonchev–Trinajstić information content (AvgIpc) is 2.14. The lowest BCUT2D eigenvalue weighted by atomic mass is 10.3. The van der Waals surface area contributed by atoms with Gasteiger partial charge >= 0.3 is 0 Å². The number of hydrogen-bond acceptors (Lipinski definition) is 5. The maximum Gasteiger partial charge on any atom is 0.266 e. The normalized spacial score (nSPS) is 11.4. The van der Waals surface area contributed by atoms with Gasteiger partial charge in [0.05, 0.1) is 6.61 Å². The Hall–Kier alpha value is -0.850. The average molecular weight is 252 g/mol. The highest BCUT2D eigenvalue weighted by Crippen LogP contribution is 2.25. The molecule has 0 radical (unpaired) electrons. The van der Waals surface area contributed by atoms with Crippen LogP contribution in [0.15, 0.2) is 17.2 Å². The van der Waals surface area contributed by atoms with E-state index >= 15 is 0 Å². The fraction of sp³-hybridized carbons (Fsp3) is 0.375. The molecule has 0 bridgehead atoms. The van der Waals surface area contributed by atoms with Crippen molar-refractivity contribution in [3.8, 4) is 5.88 Å². The van der Waals surface area contributed by atoms with Crippen molar-refractivity contribution in [3.63, 3.8) is 0 Å². The maximum atomic E-state index is 11.2. The van der Waals surface area contributed by atoms with Crippen LogP contribution in [0.4, 0.5) is 0 Å². The molecule has 1 aromatic heterocycles. The van der Waals surface area contributed by atoms with E-state index in [1.54, 1.807) is 6.92 Å². The lowest BCUT2D eigenvalue weighted by molar-refractivity contribution is 0.193. The Morgan fingerprint density at radius 1 is 1.60 bits per heavy atom. The van der Waals surface area contributed by atoms with Gasteiger partial charge in [0.25, 0.3) is 9.05 Å². The van der Waals surface area contributed by atoms with Gasteiger partial charge in [0, 0.05) is 16.9 Å². The minimum absolute atomic E-state index is 0.0323. The Bertz CT molecular complexity index is 446. The predicted molar refractivity (Wildman–Crippen MR) is 54.6 cm³/mol. The van der Waals surface area contributed by atoms with E-state index in [9.17, 15) is 8.42 Å². The molecule has 84 valence electrons. The molecule has 0 saturated heterocycles. The summed E-state index contributed by atoms with van der Waals surface area (Å²) in [5, 5.41) is 8.54. The van der Waals surface area contributed by atoms with Crippen LogP contribution in [-0.4, -0.2) is 31.7 Å². The summed E-state index contributed by atoms with van der Waals surface area (Å²) >= 11 is 0. The van der Waals surface area contributed by atoms with Crippen molar-refractivity contribution < 1.29 is 18.3 Å². The molecule has 0 aliphatic rings. The van der Waals surface area contributed by atoms with E-state index in [4.69, 9.17) is 20.5 Å². The second kappa shape index (κ2) is 4.78. The van der Waals surface area contributed by atoms with Gasteiger partial charge in [-0.1, -0.05) is 0 Å². The Kier molecular flexibility index (Phi) is 3.90. The molecule has 1 rings (SSSR count). The molecule has 0 aromatic carbocycles. The fourth-order valence-corrected chi connectivity index (χ4v) is 1.93. The van der Waals surface area contributed by atoms with Crippen LogP contribution in [0.3, 0.4) is 0 Å². The third-order valence-electron chi connectivity index (χ3n) is 1.55. The third-order valence-corrected chi connectivity index (χ3v) is 2.86. The van der Waals surface area contributed by atoms with Crippen LogP contribution in [0, 0.1) is 6.92 Å². The number of aliphatic hydroxyl groups excluding tert-OH is 1. The quantitative estimate of drug-likeness (QED) is 0.797. The molecule has 5 nitrogen and oxygen atoms in total. The molecular formula is C8H10ClNO4S. The van der Waals surface area contributed by atoms with Crippen LogP contribution >= 0.6 is 10.7 Å². The van der Waals surface area contributed by atoms with E-state index in [0.29, 0.717) is 5.56 Å². The zero-order valence-electron chi connectivity index (χ0n) is 7.97. The second-order valence-electron chi connectivity index (χ2n) is 2.83. The van der Waals surface area contributed by atoms with E-state index in [1.807, 2.05) is 0 Å². The van der Waals surface area contributed by atoms with Gasteiger partial charge in [-0.3, -0.25) is 0 Å². The molecule has 7 heteroatoms. The van der Waals surface area contributed by atoms with Crippen LogP contribution in [0.5, 0.6) is 5.88 Å². The van der Waals surface area contributed by atoms with E-state index in [-0.39, 0.29) is 24.0 Å². The van der Waals surface area contributed by atoms with Gasteiger partial charge in [0.2, 0.25) is 5.88 Å². The van der Waals surface area contributed by atoms with E-state index < -0.39 is 9.05 Å². The minimum Gasteiger partial charge on any atom is -0.474 e. The summed E-state index contributed by atoms with van der Waals surface area (Å²) in [5.41, 5.74) is 0.658. The Morgan fingerprint density at radius 2 is 2.27 bits per heavy atom. The SMILES string of the molecule is Cc1cnc(OCCO)c(S(=O)(=O)Cl)c1. The molecule has 15 heavy (non-hydrogen) atoms. The molecule has 0 saturated carbocycles. The number of aliphatic hydroxyl groups is 1. The van der Waals surface area contributed by atoms with Gasteiger partial charge in [0.15, 0.2) is 0 Å². The molecule has 0 aliphatic carbocycles. The van der Waals surface area contributed by atoms with Gasteiger partial charge in [-0.05, 0) is 18.6 Å². The summed E-state index contributed by atoms with van der Waals surface area (Å²) in [6, 6.07) is 1.36. The Labute approximate surface area is 92.1 Å². The lowest BCUT2D eigenvalue weighted by Crippen LogP contribution is -2.07. The van der Waals surface area contributed by atoms with Crippen molar-refractivity contribution in [2.45, 2.75) is 11.8 Å². The molecule has 0 spiro atoms. The number of rotatable bonds is 4. The molecule has 0 unspecified atom stereocenters. The first-order chi connectivity index (χ1) is 6.95. The summed E-state index contributed by atoms with van der Waals surface area (Å²) in [4.78, 5) is 3.60. The third kappa shape index (κ3) is 3.33. The summed E-state index contributed by atoms with van der Waals surface area (Å²) < 4.78 is 27.2. The molecule has 0 fully saturated rings. The Morgan fingerprint density at radius 3 is 2.80 bits per heavy atom. The predicted octanol–water partition coefficient (Wildman–Crippen LogP) is 0.689. The van der Waals surface area contributed by atoms with E-state index in [2.05, 4.69) is 4.98 Å². The van der Waals surface area contributed by atoms with Gasteiger partial charge in [-0.15, -0.1) is 0 Å². The summed E-state index contributed by atoms with van der Waals surface area (Å²) in [6.07, 6.45) is 1.46. The monoisotopic (exact) mass is 251 g/mol. The van der Waals surface area contributed by atoms with Crippen LogP contribution in [0.1, 0.15) is 5.56 Å². The molecule has 1 heterocycles. The first-order valence-electron chi connectivity index (χ1n) is 4.10. The fourth-order valence-electron chi connectivity index (χ4n) is 0.955. The number of ether oxygens (including phenoxy) is 1. The largest absolute Gasteiger partial charge is 0.474 e. The Balaban J connectivity index is 3.15. The van der Waals surface area contributed by atoms with Crippen LogP contribution < -0.4 is 4.74 Å². The van der Waals surface area contributed by atoms with Crippen molar-refractivity contribution >= 4 is 19.7 Å². The molecular weight excluding hydrogens is 242 g/mol. The second-order valence-corrected chi connectivity index (χ2v) is 5.36. The standard InChI is InChI=1S/C8H10ClNO4S/c1-6-4-7(15(9,12)13)8(10-5-6)14-3-2-11/h4-5,11H,2-3H2,1H3. The summed E-state index contributed by atoms with van der Waals surface area (Å²) in [6.45, 7) is 1.43. The highest BCUT2D eigenvalue weighted by Gasteiger charge is 2.18. The number of aromatic nitrogens is 1. The van der Waals surface area contributed by atoms with Gasteiger partial charge in [0.1, 0.15) is 11.5 Å². The number of halogens is 1. The van der Waals surface area contributed by atoms with Crippen molar-refractivity contribution in [2.75, 3.05) is 13.2 Å². The van der Waals surface area contributed by atoms with Crippen molar-refractivity contribution in [3.05, 3.63) is 17.8 Å². The van der Waals surface area contributed by atoms with Crippen LogP contribution in [0.25, 0.3) is 0 Å². The zero-order chi connectivity index (χ0) is 11.5. The highest BCUT2D eigenvalue weighted by molar-refractivity contribution is 8.13. The summed E-state index contributed by atoms with van der Waals surface area (Å²) in [5.74, 6) is -0.0929. The molecule has 0 aliphatic heterocycles. The van der Waals surface area contributed by atoms with Crippen molar-refractivity contribution in [1.82, 2.24) is 4.98 Å². The van der Waals surface area contributed by atoms with Crippen LogP contribution in [0.2, 0.25) is 0 Å². The topological polar surface area (TPSA) is 76.5 Å². The number of nitrogens with zero attached hydrogens (tertiary/aromatic N) is 1. The molecule has 0 atom stereocenters. The van der Waals surface area contributed by atoms with Crippen molar-refractivity contribution in [1.29, 1.82) is 0 Å². The minimum atomic E-state index is -3.88. The van der Waals surface area contributed by atoms with Gasteiger partial charge in [-0.25, -0.2) is 13.4 Å². The highest BCUT2D eigenvalue weighted by atomic mass is 35.7. The first-order valence-corrected chi connectivity index (χ1v) is 6.41. The van der Waals surface area contributed by atoms with Crippen molar-refractivity contribution in [2.24, 2.45) is 0 Å². The number of aryl methyl sites for hydroxylation is 1. The van der Waals surface area contributed by atoms with E-state index in [1.165, 1.54) is 12.3 Å². The first kappa shape index (κ1) is 12.2. The van der Waals surface area contributed by atoms with Crippen LogP contribution in [-0.2, 0) is 9.05 Å². The summed E-state index contributed by atoms with van der Waals surface area (Å²) in [7, 11) is 1.32. The number of pyridine rings is 1. The zero-order valence-corrected chi connectivity index (χ0v) is 9.55. The molecule has 0 amide bonds. The molecule has 1 aromatic rings. The van der Waals surface area contributed by atoms with Gasteiger partial charge in [-0.2, -0.15) is 0 Å². The number of hydrogen-bond donors (Lipinski definition) is 1. The molecule has 1 N–H and O–H groups in total. The lowest BCUT2D eigenvalue weighted by Gasteiger charge is -2.07. The maximum absolute atomic E-state index is 11.2. The smallest absolute Gasteiger partial charge is 0.266 e. The van der Waals surface area contributed by atoms with E-state index in [0.717, 1.165) is 0 Å². The van der Waals surface area contributed by atoms with Gasteiger partial charge < -0.3 is 9.84 Å².